The van der Waals surface area contributed by atoms with Gasteiger partial charge in [-0.05, 0) is 44.7 Å². The first-order valence-corrected chi connectivity index (χ1v) is 8.46. The first-order valence-electron chi connectivity index (χ1n) is 8.46. The van der Waals surface area contributed by atoms with Crippen molar-refractivity contribution in [3.8, 4) is 6.07 Å². The van der Waals surface area contributed by atoms with Crippen molar-refractivity contribution in [3.63, 3.8) is 0 Å². The van der Waals surface area contributed by atoms with Gasteiger partial charge in [0.2, 0.25) is 0 Å². The average molecular weight is 341 g/mol. The summed E-state index contributed by atoms with van der Waals surface area (Å²) in [5, 5.41) is 21.2. The summed E-state index contributed by atoms with van der Waals surface area (Å²) in [5.74, 6) is -0.594. The molecule has 1 saturated heterocycles. The Balaban J connectivity index is 2.13. The zero-order valence-electron chi connectivity index (χ0n) is 14.4. The number of carbonyl (C=O) groups is 2. The first-order chi connectivity index (χ1) is 12.0. The summed E-state index contributed by atoms with van der Waals surface area (Å²) in [7, 11) is 0. The first kappa shape index (κ1) is 18.7. The molecular formula is C19H23N3O3. The van der Waals surface area contributed by atoms with Gasteiger partial charge in [0.25, 0.3) is 5.91 Å². The number of likely N-dealkylation sites (tertiary alicyclic amines) is 1. The Hall–Kier alpha value is -2.65. The molecule has 1 fully saturated rings. The molecule has 1 unspecified atom stereocenters. The number of aliphatic hydroxyl groups excluding tert-OH is 1. The van der Waals surface area contributed by atoms with E-state index in [1.807, 2.05) is 11.0 Å². The predicted molar refractivity (Wildman–Crippen MR) is 94.8 cm³/mol. The molecule has 1 aromatic rings. The van der Waals surface area contributed by atoms with Crippen molar-refractivity contribution < 1.29 is 14.7 Å². The number of rotatable bonds is 6. The highest BCUT2D eigenvalue weighted by atomic mass is 16.3. The number of amides is 1. The molecule has 0 spiro atoms. The number of piperidine rings is 1. The highest BCUT2D eigenvalue weighted by Gasteiger charge is 2.21. The predicted octanol–water partition coefficient (Wildman–Crippen LogP) is 2.47. The summed E-state index contributed by atoms with van der Waals surface area (Å²) < 4.78 is 0. The summed E-state index contributed by atoms with van der Waals surface area (Å²) in [6.07, 6.45) is 5.24. The number of hydrogen-bond donors (Lipinski definition) is 2. The van der Waals surface area contributed by atoms with E-state index in [9.17, 15) is 20.0 Å². The molecule has 25 heavy (non-hydrogen) atoms. The number of carbonyl (C=O) groups excluding carboxylic acids is 2. The number of aliphatic hydroxyl groups is 1. The molecule has 1 aromatic carbocycles. The molecule has 1 amide bonds. The fourth-order valence-electron chi connectivity index (χ4n) is 2.97. The molecule has 6 heteroatoms. The molecule has 0 radical (unpaired) electrons. The van der Waals surface area contributed by atoms with Crippen molar-refractivity contribution in [2.24, 2.45) is 0 Å². The Kier molecular flexibility index (Phi) is 6.72. The number of anilines is 1. The van der Waals surface area contributed by atoms with Gasteiger partial charge in [-0.15, -0.1) is 0 Å². The van der Waals surface area contributed by atoms with Crippen molar-refractivity contribution in [2.75, 3.05) is 18.5 Å². The van der Waals surface area contributed by atoms with Gasteiger partial charge < -0.3 is 15.3 Å². The standard InChI is InChI=1S/C19H23N3O3/c1-14(24)15-5-4-6-17(11-15)21-19(25)16(12-20)13-22-9-3-2-7-18(22)8-10-23/h4-6,11,13,18,23H,2-3,7-10H2,1H3,(H,21,25)/b16-13-. The van der Waals surface area contributed by atoms with Gasteiger partial charge in [0.1, 0.15) is 11.6 Å². The van der Waals surface area contributed by atoms with Crippen LogP contribution in [0, 0.1) is 11.3 Å². The van der Waals surface area contributed by atoms with Crippen LogP contribution in [0.2, 0.25) is 0 Å². The van der Waals surface area contributed by atoms with Gasteiger partial charge in [0, 0.05) is 36.6 Å². The zero-order valence-corrected chi connectivity index (χ0v) is 14.4. The fourth-order valence-corrected chi connectivity index (χ4v) is 2.97. The molecule has 0 aliphatic carbocycles. The summed E-state index contributed by atoms with van der Waals surface area (Å²) in [4.78, 5) is 25.8. The number of nitrogens with zero attached hydrogens (tertiary/aromatic N) is 2. The largest absolute Gasteiger partial charge is 0.396 e. The van der Waals surface area contributed by atoms with Crippen LogP contribution in [0.3, 0.4) is 0 Å². The second-order valence-electron chi connectivity index (χ2n) is 6.15. The van der Waals surface area contributed by atoms with E-state index in [1.54, 1.807) is 30.5 Å². The minimum absolute atomic E-state index is 0.0121. The van der Waals surface area contributed by atoms with E-state index in [1.165, 1.54) is 6.92 Å². The van der Waals surface area contributed by atoms with Gasteiger partial charge in [-0.25, -0.2) is 0 Å². The lowest BCUT2D eigenvalue weighted by molar-refractivity contribution is -0.112. The van der Waals surface area contributed by atoms with Gasteiger partial charge >= 0.3 is 0 Å². The maximum Gasteiger partial charge on any atom is 0.267 e. The molecule has 2 rings (SSSR count). The Morgan fingerprint density at radius 1 is 1.44 bits per heavy atom. The second-order valence-corrected chi connectivity index (χ2v) is 6.15. The van der Waals surface area contributed by atoms with Gasteiger partial charge in [0.15, 0.2) is 5.78 Å². The topological polar surface area (TPSA) is 93.4 Å². The fraction of sp³-hybridized carbons (Fsp3) is 0.421. The van der Waals surface area contributed by atoms with Crippen LogP contribution in [0.25, 0.3) is 0 Å². The van der Waals surface area contributed by atoms with Crippen LogP contribution in [0.5, 0.6) is 0 Å². The molecule has 2 N–H and O–H groups in total. The quantitative estimate of drug-likeness (QED) is 0.471. The lowest BCUT2D eigenvalue weighted by Crippen LogP contribution is -2.37. The number of hydrogen-bond acceptors (Lipinski definition) is 5. The van der Waals surface area contributed by atoms with E-state index in [0.29, 0.717) is 17.7 Å². The summed E-state index contributed by atoms with van der Waals surface area (Å²) in [6.45, 7) is 2.31. The van der Waals surface area contributed by atoms with Crippen LogP contribution in [0.15, 0.2) is 36.0 Å². The average Bonchev–Trinajstić information content (AvgIpc) is 2.61. The van der Waals surface area contributed by atoms with Crippen LogP contribution in [0.1, 0.15) is 43.0 Å². The highest BCUT2D eigenvalue weighted by Crippen LogP contribution is 2.21. The smallest absolute Gasteiger partial charge is 0.267 e. The van der Waals surface area contributed by atoms with Crippen molar-refractivity contribution in [1.82, 2.24) is 4.90 Å². The minimum Gasteiger partial charge on any atom is -0.396 e. The molecule has 6 nitrogen and oxygen atoms in total. The van der Waals surface area contributed by atoms with Gasteiger partial charge in [0.05, 0.1) is 0 Å². The third-order valence-corrected chi connectivity index (χ3v) is 4.32. The van der Waals surface area contributed by atoms with Crippen LogP contribution < -0.4 is 5.32 Å². The highest BCUT2D eigenvalue weighted by molar-refractivity contribution is 6.07. The number of nitriles is 1. The number of ketones is 1. The van der Waals surface area contributed by atoms with Gasteiger partial charge in [-0.2, -0.15) is 5.26 Å². The number of benzene rings is 1. The number of Topliss-reactive ketones (excluding diaryl/α,β-unsaturated/α-hetero) is 1. The van der Waals surface area contributed by atoms with Crippen molar-refractivity contribution >= 4 is 17.4 Å². The van der Waals surface area contributed by atoms with Gasteiger partial charge in [-0.3, -0.25) is 9.59 Å². The molecule has 1 heterocycles. The SMILES string of the molecule is CC(=O)c1cccc(NC(=O)/C(C#N)=C\N2CCCCC2CCO)c1. The molecule has 0 aromatic heterocycles. The van der Waals surface area contributed by atoms with Crippen LogP contribution in [-0.2, 0) is 4.79 Å². The zero-order chi connectivity index (χ0) is 18.2. The Morgan fingerprint density at radius 3 is 2.92 bits per heavy atom. The van der Waals surface area contributed by atoms with Crippen LogP contribution in [0.4, 0.5) is 5.69 Å². The second kappa shape index (κ2) is 9.00. The summed E-state index contributed by atoms with van der Waals surface area (Å²) in [6, 6.07) is 8.72. The minimum atomic E-state index is -0.503. The Bertz CT molecular complexity index is 704. The van der Waals surface area contributed by atoms with Crippen LogP contribution >= 0.6 is 0 Å². The molecule has 1 atom stereocenters. The van der Waals surface area contributed by atoms with E-state index in [0.717, 1.165) is 25.8 Å². The molecule has 0 bridgehead atoms. The van der Waals surface area contributed by atoms with Crippen LogP contribution in [-0.4, -0.2) is 40.9 Å². The van der Waals surface area contributed by atoms with E-state index in [-0.39, 0.29) is 24.0 Å². The van der Waals surface area contributed by atoms with Crippen molar-refractivity contribution in [3.05, 3.63) is 41.6 Å². The lowest BCUT2D eigenvalue weighted by atomic mass is 10.00. The molecular weight excluding hydrogens is 318 g/mol. The maximum absolute atomic E-state index is 12.4. The molecule has 132 valence electrons. The molecule has 1 aliphatic rings. The summed E-state index contributed by atoms with van der Waals surface area (Å²) >= 11 is 0. The monoisotopic (exact) mass is 341 g/mol. The lowest BCUT2D eigenvalue weighted by Gasteiger charge is -2.34. The van der Waals surface area contributed by atoms with E-state index in [4.69, 9.17) is 0 Å². The van der Waals surface area contributed by atoms with E-state index in [2.05, 4.69) is 5.32 Å². The third kappa shape index (κ3) is 5.16. The molecule has 0 saturated carbocycles. The maximum atomic E-state index is 12.4. The number of nitrogens with one attached hydrogen (secondary N) is 1. The summed E-state index contributed by atoms with van der Waals surface area (Å²) in [5.41, 5.74) is 0.988. The van der Waals surface area contributed by atoms with E-state index >= 15 is 0 Å². The third-order valence-electron chi connectivity index (χ3n) is 4.32. The van der Waals surface area contributed by atoms with Crippen molar-refractivity contribution in [2.45, 2.75) is 38.6 Å². The Morgan fingerprint density at radius 2 is 2.24 bits per heavy atom. The van der Waals surface area contributed by atoms with E-state index < -0.39 is 5.91 Å². The van der Waals surface area contributed by atoms with Gasteiger partial charge in [-0.1, -0.05) is 12.1 Å². The van der Waals surface area contributed by atoms with Crippen molar-refractivity contribution in [1.29, 1.82) is 5.26 Å². The Labute approximate surface area is 147 Å². The molecule has 1 aliphatic heterocycles. The normalized spacial score (nSPS) is 17.7.